The number of ether oxygens (including phenoxy) is 3. The largest absolute Gasteiger partial charge is 0.492 e. The third kappa shape index (κ3) is 9.11. The molecule has 1 aromatic rings. The number of benzene rings is 1. The maximum absolute atomic E-state index is 13.3. The van der Waals surface area contributed by atoms with Gasteiger partial charge >= 0.3 is 12.1 Å². The van der Waals surface area contributed by atoms with E-state index in [0.717, 1.165) is 12.8 Å². The Labute approximate surface area is 213 Å². The average molecular weight is 514 g/mol. The molecule has 1 aliphatic heterocycles. The molecule has 0 aromatic heterocycles. The van der Waals surface area contributed by atoms with Gasteiger partial charge < -0.3 is 24.4 Å². The Bertz CT molecular complexity index is 853. The molecule has 0 spiro atoms. The van der Waals surface area contributed by atoms with Gasteiger partial charge in [-0.25, -0.2) is 18.4 Å². The minimum atomic E-state index is -2.54. The summed E-state index contributed by atoms with van der Waals surface area (Å²) in [4.78, 5) is 28.4. The fourth-order valence-electron chi connectivity index (χ4n) is 4.03. The second-order valence-electron chi connectivity index (χ2n) is 9.55. The number of amides is 1. The van der Waals surface area contributed by atoms with E-state index in [1.807, 2.05) is 13.8 Å². The predicted molar refractivity (Wildman–Crippen MR) is 135 cm³/mol. The zero-order chi connectivity index (χ0) is 26.7. The molecule has 36 heavy (non-hydrogen) atoms. The number of piperazine rings is 1. The molecule has 0 aliphatic carbocycles. The fraction of sp³-hybridized carbons (Fsp3) is 0.692. The van der Waals surface area contributed by atoms with Crippen molar-refractivity contribution in [1.82, 2.24) is 9.80 Å². The first kappa shape index (κ1) is 29.6. The van der Waals surface area contributed by atoms with E-state index in [-0.39, 0.29) is 18.7 Å². The molecular weight excluding hydrogens is 472 g/mol. The molecular formula is C26H41F2N3O5. The summed E-state index contributed by atoms with van der Waals surface area (Å²) in [7, 11) is 0. The van der Waals surface area contributed by atoms with E-state index < -0.39 is 24.4 Å². The minimum Gasteiger partial charge on any atom is -0.492 e. The van der Waals surface area contributed by atoms with Gasteiger partial charge in [0, 0.05) is 49.9 Å². The molecule has 0 bridgehead atoms. The number of rotatable bonds is 13. The Balaban J connectivity index is 1.93. The third-order valence-corrected chi connectivity index (χ3v) is 6.01. The maximum atomic E-state index is 13.3. The van der Waals surface area contributed by atoms with Gasteiger partial charge in [-0.3, -0.25) is 4.90 Å². The first-order valence-electron chi connectivity index (χ1n) is 12.7. The molecule has 1 heterocycles. The first-order chi connectivity index (χ1) is 17.1. The SMILES string of the molecule is CCCCOC(=O)N1CCN(CCOc2ccc(NC(C)(C)C(=O)OCC)cc2CC(F)F)C[C@@H]1C. The van der Waals surface area contributed by atoms with Gasteiger partial charge in [0.1, 0.15) is 17.9 Å². The van der Waals surface area contributed by atoms with Crippen LogP contribution in [-0.4, -0.2) is 85.9 Å². The van der Waals surface area contributed by atoms with Crippen molar-refractivity contribution in [2.45, 2.75) is 71.9 Å². The Morgan fingerprint density at radius 1 is 1.17 bits per heavy atom. The van der Waals surface area contributed by atoms with Crippen molar-refractivity contribution in [3.05, 3.63) is 23.8 Å². The molecule has 1 amide bonds. The van der Waals surface area contributed by atoms with Gasteiger partial charge in [-0.05, 0) is 52.3 Å². The number of esters is 1. The highest BCUT2D eigenvalue weighted by atomic mass is 19.3. The molecule has 1 atom stereocenters. The van der Waals surface area contributed by atoms with Gasteiger partial charge in [-0.15, -0.1) is 0 Å². The predicted octanol–water partition coefficient (Wildman–Crippen LogP) is 4.57. The Kier molecular flexibility index (Phi) is 11.7. The van der Waals surface area contributed by atoms with Crippen molar-refractivity contribution < 1.29 is 32.6 Å². The van der Waals surface area contributed by atoms with Crippen LogP contribution in [-0.2, 0) is 20.7 Å². The van der Waals surface area contributed by atoms with Crippen LogP contribution in [0.3, 0.4) is 0 Å². The van der Waals surface area contributed by atoms with E-state index in [1.165, 1.54) is 0 Å². The summed E-state index contributed by atoms with van der Waals surface area (Å²) in [6, 6.07) is 4.95. The smallest absolute Gasteiger partial charge is 0.410 e. The minimum absolute atomic E-state index is 0.00961. The van der Waals surface area contributed by atoms with Crippen LogP contribution in [0.4, 0.5) is 19.3 Å². The Morgan fingerprint density at radius 2 is 1.92 bits per heavy atom. The highest BCUT2D eigenvalue weighted by molar-refractivity contribution is 5.83. The lowest BCUT2D eigenvalue weighted by atomic mass is 10.0. The average Bonchev–Trinajstić information content (AvgIpc) is 2.80. The lowest BCUT2D eigenvalue weighted by molar-refractivity contribution is -0.147. The number of nitrogens with zero attached hydrogens (tertiary/aromatic N) is 2. The molecule has 2 rings (SSSR count). The van der Waals surface area contributed by atoms with E-state index in [1.54, 1.807) is 43.9 Å². The van der Waals surface area contributed by atoms with Crippen LogP contribution in [0.25, 0.3) is 0 Å². The molecule has 1 saturated heterocycles. The topological polar surface area (TPSA) is 80.3 Å². The summed E-state index contributed by atoms with van der Waals surface area (Å²) in [6.45, 7) is 12.7. The van der Waals surface area contributed by atoms with Gasteiger partial charge in [0.25, 0.3) is 0 Å². The summed E-state index contributed by atoms with van der Waals surface area (Å²) in [5.41, 5.74) is -0.114. The number of hydrogen-bond acceptors (Lipinski definition) is 7. The molecule has 1 aromatic carbocycles. The van der Waals surface area contributed by atoms with E-state index in [4.69, 9.17) is 14.2 Å². The Hall–Kier alpha value is -2.62. The number of unbranched alkanes of at least 4 members (excludes halogenated alkanes) is 1. The summed E-state index contributed by atoms with van der Waals surface area (Å²) >= 11 is 0. The summed E-state index contributed by atoms with van der Waals surface area (Å²) < 4.78 is 42.8. The van der Waals surface area contributed by atoms with Gasteiger partial charge in [0.2, 0.25) is 6.43 Å². The molecule has 0 unspecified atom stereocenters. The second kappa shape index (κ2) is 14.2. The standard InChI is InChI=1S/C26H41F2N3O5/c1-6-8-14-36-25(33)31-12-11-30(18-19(31)3)13-15-35-22-10-9-21(16-20(22)17-23(27)28)29-26(4,5)24(32)34-7-2/h9-10,16,19,23,29H,6-8,11-15,17-18H2,1-5H3/t19-/m0/s1. The molecule has 1 aliphatic rings. The molecule has 1 fully saturated rings. The molecule has 8 nitrogen and oxygen atoms in total. The number of carbonyl (C=O) groups excluding carboxylic acids is 2. The van der Waals surface area contributed by atoms with Crippen molar-refractivity contribution in [3.8, 4) is 5.75 Å². The zero-order valence-electron chi connectivity index (χ0n) is 22.1. The van der Waals surface area contributed by atoms with Crippen molar-refractivity contribution in [3.63, 3.8) is 0 Å². The van der Waals surface area contributed by atoms with Crippen molar-refractivity contribution in [2.75, 3.05) is 51.3 Å². The van der Waals surface area contributed by atoms with Gasteiger partial charge in [-0.2, -0.15) is 0 Å². The van der Waals surface area contributed by atoms with Crippen LogP contribution < -0.4 is 10.1 Å². The zero-order valence-corrected chi connectivity index (χ0v) is 22.1. The summed E-state index contributed by atoms with van der Waals surface area (Å²) in [6.07, 6.45) is -1.44. The number of nitrogens with one attached hydrogen (secondary N) is 1. The van der Waals surface area contributed by atoms with Crippen molar-refractivity contribution >= 4 is 17.7 Å². The highest BCUT2D eigenvalue weighted by Gasteiger charge is 2.30. The first-order valence-corrected chi connectivity index (χ1v) is 12.7. The van der Waals surface area contributed by atoms with Crippen LogP contribution in [0, 0.1) is 0 Å². The van der Waals surface area contributed by atoms with Crippen LogP contribution in [0.15, 0.2) is 18.2 Å². The second-order valence-corrected chi connectivity index (χ2v) is 9.55. The lowest BCUT2D eigenvalue weighted by Crippen LogP contribution is -2.54. The molecule has 0 radical (unpaired) electrons. The highest BCUT2D eigenvalue weighted by Crippen LogP contribution is 2.27. The van der Waals surface area contributed by atoms with Crippen molar-refractivity contribution in [2.24, 2.45) is 0 Å². The monoisotopic (exact) mass is 513 g/mol. The van der Waals surface area contributed by atoms with E-state index >= 15 is 0 Å². The lowest BCUT2D eigenvalue weighted by Gasteiger charge is -2.39. The van der Waals surface area contributed by atoms with Crippen LogP contribution in [0.5, 0.6) is 5.75 Å². The third-order valence-electron chi connectivity index (χ3n) is 6.01. The van der Waals surface area contributed by atoms with Crippen LogP contribution in [0.2, 0.25) is 0 Å². The summed E-state index contributed by atoms with van der Waals surface area (Å²) in [5.74, 6) is -0.0368. The normalized spacial score (nSPS) is 16.7. The number of carbonyl (C=O) groups is 2. The van der Waals surface area contributed by atoms with Gasteiger partial charge in [0.05, 0.1) is 13.2 Å². The Morgan fingerprint density at radius 3 is 2.56 bits per heavy atom. The number of alkyl halides is 2. The maximum Gasteiger partial charge on any atom is 0.410 e. The van der Waals surface area contributed by atoms with Gasteiger partial charge in [-0.1, -0.05) is 13.3 Å². The van der Waals surface area contributed by atoms with Crippen molar-refractivity contribution in [1.29, 1.82) is 0 Å². The van der Waals surface area contributed by atoms with E-state index in [0.29, 0.717) is 56.4 Å². The molecule has 1 N–H and O–H groups in total. The van der Waals surface area contributed by atoms with Gasteiger partial charge in [0.15, 0.2) is 0 Å². The van der Waals surface area contributed by atoms with Crippen LogP contribution in [0.1, 0.15) is 53.0 Å². The van der Waals surface area contributed by atoms with Crippen LogP contribution >= 0.6 is 0 Å². The number of hydrogen-bond donors (Lipinski definition) is 1. The molecule has 204 valence electrons. The number of halogens is 2. The van der Waals surface area contributed by atoms with E-state index in [2.05, 4.69) is 10.2 Å². The number of anilines is 1. The fourth-order valence-corrected chi connectivity index (χ4v) is 4.03. The quantitative estimate of drug-likeness (QED) is 0.306. The molecule has 10 heteroatoms. The summed E-state index contributed by atoms with van der Waals surface area (Å²) in [5, 5.41) is 3.06. The van der Waals surface area contributed by atoms with E-state index in [9.17, 15) is 18.4 Å². The molecule has 0 saturated carbocycles.